The maximum Gasteiger partial charge on any atom is 0.0380 e. The lowest BCUT2D eigenvalue weighted by molar-refractivity contribution is 0.957. The molecule has 0 aliphatic heterocycles. The maximum atomic E-state index is 3.68. The Morgan fingerprint density at radius 3 is 2.75 bits per heavy atom. The summed E-state index contributed by atoms with van der Waals surface area (Å²) in [6.45, 7) is 5.87. The smallest absolute Gasteiger partial charge is 0.0380 e. The minimum Gasteiger partial charge on any atom is -0.0992 e. The Kier molecular flexibility index (Phi) is 4.66. The van der Waals surface area contributed by atoms with Gasteiger partial charge in [0.15, 0.2) is 0 Å². The molecule has 0 saturated carbocycles. The third-order valence-electron chi connectivity index (χ3n) is 1.08. The van der Waals surface area contributed by atoms with Crippen molar-refractivity contribution in [2.24, 2.45) is 0 Å². The van der Waals surface area contributed by atoms with Crippen LogP contribution in [-0.4, -0.2) is 10.2 Å². The largest absolute Gasteiger partial charge is 0.0992 e. The second-order valence-corrected chi connectivity index (χ2v) is 3.10. The fourth-order valence-corrected chi connectivity index (χ4v) is 0.744. The van der Waals surface area contributed by atoms with Gasteiger partial charge in [-0.3, -0.25) is 0 Å². The normalized spacial score (nSPS) is 11.9. The molecule has 0 heterocycles. The average Bonchev–Trinajstić information content (AvgIpc) is 1.83. The molecule has 0 aromatic carbocycles. The summed E-state index contributed by atoms with van der Waals surface area (Å²) in [5.74, 6) is 0. The topological polar surface area (TPSA) is 0 Å². The highest BCUT2D eigenvalue weighted by atomic mass is 28.1. The molecule has 0 saturated heterocycles. The van der Waals surface area contributed by atoms with E-state index in [4.69, 9.17) is 0 Å². The molecule has 0 aliphatic rings. The molecule has 0 nitrogen and oxygen atoms in total. The second kappa shape index (κ2) is 4.85. The van der Waals surface area contributed by atoms with E-state index in [1.54, 1.807) is 0 Å². The van der Waals surface area contributed by atoms with Crippen LogP contribution in [0, 0.1) is 0 Å². The van der Waals surface area contributed by atoms with Crippen molar-refractivity contribution < 1.29 is 0 Å². The van der Waals surface area contributed by atoms with Crippen LogP contribution >= 0.6 is 0 Å². The van der Waals surface area contributed by atoms with Crippen LogP contribution in [0.15, 0.2) is 23.9 Å². The van der Waals surface area contributed by atoms with Crippen LogP contribution in [-0.2, 0) is 0 Å². The van der Waals surface area contributed by atoms with E-state index in [1.807, 2.05) is 6.08 Å². The highest BCUT2D eigenvalue weighted by Gasteiger charge is 1.76. The zero-order valence-corrected chi connectivity index (χ0v) is 7.78. The molecular weight excluding hydrogens is 112 g/mol. The lowest BCUT2D eigenvalue weighted by atomic mass is 10.3. The van der Waals surface area contributed by atoms with E-state index in [2.05, 4.69) is 19.6 Å². The van der Waals surface area contributed by atoms with Gasteiger partial charge < -0.3 is 0 Å². The molecule has 1 heteroatoms. The van der Waals surface area contributed by atoms with E-state index in [1.165, 1.54) is 18.0 Å². The standard InChI is InChI=1S/C7H14Si/c1-3-5-6-7(8)4-2/h4,6H,2-3,5H2,1,8H3. The predicted molar refractivity (Wildman–Crippen MR) is 43.1 cm³/mol. The molecule has 0 aliphatic carbocycles. The molecule has 0 fully saturated rings. The van der Waals surface area contributed by atoms with Crippen LogP contribution in [0.1, 0.15) is 19.8 Å². The summed E-state index contributed by atoms with van der Waals surface area (Å²) in [4.78, 5) is 0. The van der Waals surface area contributed by atoms with Gasteiger partial charge in [-0.1, -0.05) is 37.3 Å². The summed E-state index contributed by atoms with van der Waals surface area (Å²) >= 11 is 0. The van der Waals surface area contributed by atoms with E-state index in [-0.39, 0.29) is 0 Å². The Morgan fingerprint density at radius 2 is 2.38 bits per heavy atom. The van der Waals surface area contributed by atoms with Crippen molar-refractivity contribution in [3.05, 3.63) is 23.9 Å². The van der Waals surface area contributed by atoms with Gasteiger partial charge >= 0.3 is 0 Å². The number of hydrogen-bond donors (Lipinski definition) is 0. The highest BCUT2D eigenvalue weighted by molar-refractivity contribution is 6.23. The van der Waals surface area contributed by atoms with Gasteiger partial charge in [0.25, 0.3) is 0 Å². The van der Waals surface area contributed by atoms with Gasteiger partial charge in [-0.15, -0.1) is 0 Å². The molecule has 46 valence electrons. The molecule has 8 heavy (non-hydrogen) atoms. The summed E-state index contributed by atoms with van der Waals surface area (Å²) in [5.41, 5.74) is 0. The van der Waals surface area contributed by atoms with E-state index in [0.29, 0.717) is 0 Å². The van der Waals surface area contributed by atoms with Crippen LogP contribution in [0.5, 0.6) is 0 Å². The van der Waals surface area contributed by atoms with E-state index in [0.717, 1.165) is 10.2 Å². The lowest BCUT2D eigenvalue weighted by Gasteiger charge is -1.87. The number of allylic oxidation sites excluding steroid dienone is 3. The van der Waals surface area contributed by atoms with Crippen LogP contribution in [0.4, 0.5) is 0 Å². The van der Waals surface area contributed by atoms with E-state index < -0.39 is 0 Å². The van der Waals surface area contributed by atoms with Gasteiger partial charge in [0.2, 0.25) is 0 Å². The Labute approximate surface area is 54.7 Å². The van der Waals surface area contributed by atoms with Crippen molar-refractivity contribution in [1.29, 1.82) is 0 Å². The molecule has 0 bridgehead atoms. The van der Waals surface area contributed by atoms with E-state index >= 15 is 0 Å². The monoisotopic (exact) mass is 126 g/mol. The minimum atomic E-state index is 1.15. The Bertz CT molecular complexity index is 92.6. The quantitative estimate of drug-likeness (QED) is 0.394. The Balaban J connectivity index is 3.40. The molecule has 0 aromatic heterocycles. The molecule has 0 aromatic rings. The van der Waals surface area contributed by atoms with Gasteiger partial charge in [0.05, 0.1) is 0 Å². The average molecular weight is 126 g/mol. The number of rotatable bonds is 3. The fourth-order valence-electron chi connectivity index (χ4n) is 0.455. The Hall–Kier alpha value is -0.303. The van der Waals surface area contributed by atoms with Gasteiger partial charge in [-0.05, 0) is 6.42 Å². The van der Waals surface area contributed by atoms with Gasteiger partial charge in [-0.2, -0.15) is 0 Å². The summed E-state index contributed by atoms with van der Waals surface area (Å²) in [6.07, 6.45) is 6.67. The second-order valence-electron chi connectivity index (χ2n) is 1.94. The Morgan fingerprint density at radius 1 is 1.75 bits per heavy atom. The van der Waals surface area contributed by atoms with Crippen LogP contribution in [0.25, 0.3) is 0 Å². The fraction of sp³-hybridized carbons (Fsp3) is 0.429. The highest BCUT2D eigenvalue weighted by Crippen LogP contribution is 1.93. The van der Waals surface area contributed by atoms with Gasteiger partial charge in [-0.25, -0.2) is 0 Å². The molecular formula is C7H14Si. The van der Waals surface area contributed by atoms with Crippen molar-refractivity contribution >= 4 is 10.2 Å². The van der Waals surface area contributed by atoms with Crippen molar-refractivity contribution in [1.82, 2.24) is 0 Å². The molecule has 0 rings (SSSR count). The summed E-state index contributed by atoms with van der Waals surface area (Å²) < 4.78 is 0. The molecule has 0 unspecified atom stereocenters. The number of hydrogen-bond acceptors (Lipinski definition) is 0. The summed E-state index contributed by atoms with van der Waals surface area (Å²) in [7, 11) is 1.15. The van der Waals surface area contributed by atoms with Crippen LogP contribution in [0.2, 0.25) is 0 Å². The summed E-state index contributed by atoms with van der Waals surface area (Å²) in [6, 6.07) is 0. The third-order valence-corrected chi connectivity index (χ3v) is 1.89. The van der Waals surface area contributed by atoms with Gasteiger partial charge in [0.1, 0.15) is 0 Å². The first-order valence-electron chi connectivity index (χ1n) is 3.10. The molecule has 0 radical (unpaired) electrons. The summed E-state index contributed by atoms with van der Waals surface area (Å²) in [5, 5.41) is 1.42. The first kappa shape index (κ1) is 7.70. The third kappa shape index (κ3) is 3.87. The van der Waals surface area contributed by atoms with Crippen LogP contribution in [0.3, 0.4) is 0 Å². The first-order chi connectivity index (χ1) is 3.81. The number of unbranched alkanes of at least 4 members (excludes halogenated alkanes) is 1. The minimum absolute atomic E-state index is 1.15. The molecule has 0 amide bonds. The zero-order chi connectivity index (χ0) is 6.41. The van der Waals surface area contributed by atoms with E-state index in [9.17, 15) is 0 Å². The van der Waals surface area contributed by atoms with Crippen molar-refractivity contribution in [3.63, 3.8) is 0 Å². The zero-order valence-electron chi connectivity index (χ0n) is 5.78. The molecule has 0 atom stereocenters. The lowest BCUT2D eigenvalue weighted by Crippen LogP contribution is -1.72. The van der Waals surface area contributed by atoms with Crippen molar-refractivity contribution in [2.45, 2.75) is 19.8 Å². The maximum absolute atomic E-state index is 3.68. The molecule has 0 spiro atoms. The van der Waals surface area contributed by atoms with Gasteiger partial charge in [0, 0.05) is 10.2 Å². The first-order valence-corrected chi connectivity index (χ1v) is 4.10. The van der Waals surface area contributed by atoms with Crippen LogP contribution < -0.4 is 0 Å². The predicted octanol–water partition coefficient (Wildman–Crippen LogP) is 1.22. The molecule has 0 N–H and O–H groups in total. The van der Waals surface area contributed by atoms with Crippen molar-refractivity contribution in [2.75, 3.05) is 0 Å². The SMILES string of the molecule is C=CC([SiH3])=CCCC. The van der Waals surface area contributed by atoms with Crippen molar-refractivity contribution in [3.8, 4) is 0 Å².